The van der Waals surface area contributed by atoms with Crippen molar-refractivity contribution < 1.29 is 41.7 Å². The van der Waals surface area contributed by atoms with Crippen molar-refractivity contribution >= 4 is 11.9 Å². The highest BCUT2D eigenvalue weighted by molar-refractivity contribution is 5.84. The number of carbonyl (C=O) groups is 2. The van der Waals surface area contributed by atoms with Gasteiger partial charge in [-0.05, 0) is 68.7 Å². The summed E-state index contributed by atoms with van der Waals surface area (Å²) in [7, 11) is 0. The number of rotatable bonds is 11. The van der Waals surface area contributed by atoms with Gasteiger partial charge in [0, 0.05) is 19.6 Å². The Morgan fingerprint density at radius 1 is 1.06 bits per heavy atom. The third kappa shape index (κ3) is 8.02. The molecule has 2 aromatic rings. The third-order valence-electron chi connectivity index (χ3n) is 4.89. The highest BCUT2D eigenvalue weighted by Gasteiger charge is 2.32. The second kappa shape index (κ2) is 11.3. The molecule has 2 aromatic carbocycles. The number of carbonyl (C=O) groups excluding carboxylic acids is 1. The molecule has 2 N–H and O–H groups in total. The lowest BCUT2D eigenvalue weighted by Gasteiger charge is -2.25. The third-order valence-corrected chi connectivity index (χ3v) is 4.89. The molecule has 0 aliphatic heterocycles. The van der Waals surface area contributed by atoms with Gasteiger partial charge in [-0.25, -0.2) is 9.18 Å². The summed E-state index contributed by atoms with van der Waals surface area (Å²) in [5.74, 6) is -2.20. The maximum atomic E-state index is 13.5. The Morgan fingerprint density at radius 3 is 2.26 bits per heavy atom. The lowest BCUT2D eigenvalue weighted by Crippen LogP contribution is -2.47. The average molecular weight is 485 g/mol. The fourth-order valence-corrected chi connectivity index (χ4v) is 3.16. The molecule has 0 fully saturated rings. The molecule has 0 aromatic heterocycles. The van der Waals surface area contributed by atoms with Crippen LogP contribution in [0.1, 0.15) is 37.5 Å². The molecule has 6 nitrogen and oxygen atoms in total. The van der Waals surface area contributed by atoms with Crippen LogP contribution >= 0.6 is 0 Å². The number of amides is 1. The number of ether oxygens (including phenoxy) is 2. The Kier molecular flexibility index (Phi) is 9.03. The summed E-state index contributed by atoms with van der Waals surface area (Å²) in [4.78, 5) is 23.8. The fourth-order valence-electron chi connectivity index (χ4n) is 3.16. The van der Waals surface area contributed by atoms with Gasteiger partial charge in [0.2, 0.25) is 0 Å². The summed E-state index contributed by atoms with van der Waals surface area (Å²) in [5, 5.41) is 11.8. The Hall–Kier alpha value is -3.14. The number of alkyl halides is 3. The number of aliphatic carboxylic acids is 1. The van der Waals surface area contributed by atoms with Crippen molar-refractivity contribution in [3.63, 3.8) is 0 Å². The van der Waals surface area contributed by atoms with Crippen LogP contribution in [-0.4, -0.2) is 41.8 Å². The van der Waals surface area contributed by atoms with Gasteiger partial charge in [0.15, 0.2) is 11.7 Å². The highest BCUT2D eigenvalue weighted by Crippen LogP contribution is 2.30. The second-order valence-corrected chi connectivity index (χ2v) is 8.09. The van der Waals surface area contributed by atoms with Crippen LogP contribution in [0.5, 0.6) is 5.75 Å². The largest absolute Gasteiger partial charge is 0.479 e. The molecule has 1 amide bonds. The number of benzene rings is 2. The van der Waals surface area contributed by atoms with Crippen LogP contribution in [0, 0.1) is 5.82 Å². The molecule has 0 heterocycles. The van der Waals surface area contributed by atoms with Crippen LogP contribution in [0.25, 0.3) is 0 Å². The molecule has 2 rings (SSSR count). The standard InChI is InChI=1S/C24H27F4NO5/c1-4-33-20(21(30)31)13-15-5-7-19(8-6-15)34-23(2,3)22(32)29-10-9-16-11-17(24(26,27)28)14-18(25)12-16/h5-8,11-12,14,20H,4,9-10,13H2,1-3H3,(H,29,32)(H,30,31)/t20-/m0/s1. The molecular weight excluding hydrogens is 458 g/mol. The normalized spacial score (nSPS) is 12.8. The van der Waals surface area contributed by atoms with Crippen molar-refractivity contribution in [2.45, 2.75) is 51.5 Å². The summed E-state index contributed by atoms with van der Waals surface area (Å²) in [6.45, 7) is 5.01. The van der Waals surface area contributed by atoms with Gasteiger partial charge < -0.3 is 19.9 Å². The average Bonchev–Trinajstić information content (AvgIpc) is 2.73. The Morgan fingerprint density at radius 2 is 1.71 bits per heavy atom. The first-order chi connectivity index (χ1) is 15.8. The van der Waals surface area contributed by atoms with Crippen molar-refractivity contribution in [1.82, 2.24) is 5.32 Å². The first-order valence-corrected chi connectivity index (χ1v) is 10.6. The van der Waals surface area contributed by atoms with E-state index in [9.17, 15) is 32.3 Å². The van der Waals surface area contributed by atoms with Crippen LogP contribution in [0.2, 0.25) is 0 Å². The second-order valence-electron chi connectivity index (χ2n) is 8.09. The number of carboxylic acids is 1. The van der Waals surface area contributed by atoms with Crippen molar-refractivity contribution in [1.29, 1.82) is 0 Å². The van der Waals surface area contributed by atoms with Crippen LogP contribution in [0.15, 0.2) is 42.5 Å². The minimum Gasteiger partial charge on any atom is -0.479 e. The lowest BCUT2D eigenvalue weighted by molar-refractivity contribution is -0.150. The number of hydrogen-bond acceptors (Lipinski definition) is 4. The zero-order valence-electron chi connectivity index (χ0n) is 19.0. The lowest BCUT2D eigenvalue weighted by atomic mass is 10.1. The van der Waals surface area contributed by atoms with E-state index < -0.39 is 41.1 Å². The van der Waals surface area contributed by atoms with Gasteiger partial charge in [-0.3, -0.25) is 4.79 Å². The molecule has 1 atom stereocenters. The molecule has 186 valence electrons. The van der Waals surface area contributed by atoms with Gasteiger partial charge in [0.05, 0.1) is 5.56 Å². The zero-order valence-corrected chi connectivity index (χ0v) is 19.0. The zero-order chi connectivity index (χ0) is 25.5. The minimum absolute atomic E-state index is 0.00192. The van der Waals surface area contributed by atoms with E-state index >= 15 is 0 Å². The molecule has 0 aliphatic carbocycles. The summed E-state index contributed by atoms with van der Waals surface area (Å²) >= 11 is 0. The number of carboxylic acid groups (broad SMARTS) is 1. The first kappa shape index (κ1) is 27.1. The van der Waals surface area contributed by atoms with Crippen LogP contribution in [-0.2, 0) is 33.3 Å². The van der Waals surface area contributed by atoms with Crippen LogP contribution in [0.4, 0.5) is 17.6 Å². The molecule has 34 heavy (non-hydrogen) atoms. The predicted octanol–water partition coefficient (Wildman–Crippen LogP) is 4.39. The van der Waals surface area contributed by atoms with Crippen molar-refractivity contribution in [3.05, 3.63) is 65.0 Å². The van der Waals surface area contributed by atoms with Gasteiger partial charge >= 0.3 is 12.1 Å². The van der Waals surface area contributed by atoms with Crippen LogP contribution in [0.3, 0.4) is 0 Å². The summed E-state index contributed by atoms with van der Waals surface area (Å²) in [6.07, 6.45) is -5.46. The van der Waals surface area contributed by atoms with E-state index in [0.29, 0.717) is 17.4 Å². The van der Waals surface area contributed by atoms with Crippen molar-refractivity contribution in [2.24, 2.45) is 0 Å². The molecule has 0 bridgehead atoms. The Bertz CT molecular complexity index is 990. The maximum absolute atomic E-state index is 13.5. The monoisotopic (exact) mass is 485 g/mol. The van der Waals surface area contributed by atoms with Gasteiger partial charge in [-0.15, -0.1) is 0 Å². The molecule has 0 saturated carbocycles. The van der Waals surface area contributed by atoms with Gasteiger partial charge in [-0.1, -0.05) is 12.1 Å². The summed E-state index contributed by atoms with van der Waals surface area (Å²) in [6, 6.07) is 8.79. The number of nitrogens with one attached hydrogen (secondary N) is 1. The van der Waals surface area contributed by atoms with Crippen molar-refractivity contribution in [2.75, 3.05) is 13.2 Å². The summed E-state index contributed by atoms with van der Waals surface area (Å²) < 4.78 is 62.9. The fraction of sp³-hybridized carbons (Fsp3) is 0.417. The number of halogens is 4. The maximum Gasteiger partial charge on any atom is 0.416 e. The molecular formula is C24H27F4NO5. The molecule has 0 aliphatic rings. The smallest absolute Gasteiger partial charge is 0.416 e. The molecule has 0 radical (unpaired) electrons. The molecule has 10 heteroatoms. The van der Waals surface area contributed by atoms with Gasteiger partial charge in [0.25, 0.3) is 5.91 Å². The predicted molar refractivity (Wildman–Crippen MR) is 116 cm³/mol. The molecule has 0 spiro atoms. The van der Waals surface area contributed by atoms with Crippen molar-refractivity contribution in [3.8, 4) is 5.75 Å². The first-order valence-electron chi connectivity index (χ1n) is 10.6. The molecule has 0 saturated heterocycles. The topological polar surface area (TPSA) is 84.9 Å². The minimum atomic E-state index is -4.66. The Balaban J connectivity index is 1.93. The van der Waals surface area contributed by atoms with Crippen LogP contribution < -0.4 is 10.1 Å². The summed E-state index contributed by atoms with van der Waals surface area (Å²) in [5.41, 5.74) is -1.58. The highest BCUT2D eigenvalue weighted by atomic mass is 19.4. The van der Waals surface area contributed by atoms with E-state index in [4.69, 9.17) is 9.47 Å². The van der Waals surface area contributed by atoms with E-state index in [1.807, 2.05) is 0 Å². The van der Waals surface area contributed by atoms with E-state index in [2.05, 4.69) is 5.32 Å². The number of hydrogen-bond donors (Lipinski definition) is 2. The van der Waals surface area contributed by atoms with Gasteiger partial charge in [-0.2, -0.15) is 13.2 Å². The van der Waals surface area contributed by atoms with E-state index in [1.165, 1.54) is 13.8 Å². The van der Waals surface area contributed by atoms with Gasteiger partial charge in [0.1, 0.15) is 11.6 Å². The Labute approximate surface area is 194 Å². The molecule has 0 unspecified atom stereocenters. The van der Waals surface area contributed by atoms with E-state index in [-0.39, 0.29) is 31.6 Å². The quantitative estimate of drug-likeness (QED) is 0.461. The van der Waals surface area contributed by atoms with E-state index in [1.54, 1.807) is 31.2 Å². The van der Waals surface area contributed by atoms with E-state index in [0.717, 1.165) is 12.1 Å². The SMILES string of the molecule is CCO[C@@H](Cc1ccc(OC(C)(C)C(=O)NCCc2cc(F)cc(C(F)(F)F)c2)cc1)C(=O)O.